The van der Waals surface area contributed by atoms with Crippen molar-refractivity contribution in [2.24, 2.45) is 11.8 Å². The fourth-order valence-electron chi connectivity index (χ4n) is 3.90. The molecule has 6 nitrogen and oxygen atoms in total. The highest BCUT2D eigenvalue weighted by molar-refractivity contribution is 5.73. The normalized spacial score (nSPS) is 24.9. The van der Waals surface area contributed by atoms with E-state index in [1.807, 2.05) is 39.0 Å². The van der Waals surface area contributed by atoms with Crippen molar-refractivity contribution in [2.75, 3.05) is 13.1 Å². The summed E-state index contributed by atoms with van der Waals surface area (Å²) in [5.41, 5.74) is 0.153. The average molecular weight is 360 g/mol. The van der Waals surface area contributed by atoms with Crippen LogP contribution in [0.4, 0.5) is 4.79 Å². The van der Waals surface area contributed by atoms with Gasteiger partial charge in [0.1, 0.15) is 5.60 Å². The van der Waals surface area contributed by atoms with Gasteiger partial charge in [-0.2, -0.15) is 0 Å². The Morgan fingerprint density at radius 2 is 1.88 bits per heavy atom. The minimum absolute atomic E-state index is 0.101. The Labute approximate surface area is 154 Å². The van der Waals surface area contributed by atoms with Crippen molar-refractivity contribution in [1.82, 2.24) is 10.2 Å². The summed E-state index contributed by atoms with van der Waals surface area (Å²) in [4.78, 5) is 26.2. The molecule has 1 amide bonds. The lowest BCUT2D eigenvalue weighted by molar-refractivity contribution is -0.143. The van der Waals surface area contributed by atoms with Gasteiger partial charge in [0.2, 0.25) is 0 Å². The number of carbonyl (C=O) groups is 2. The van der Waals surface area contributed by atoms with Crippen LogP contribution >= 0.6 is 0 Å². The molecule has 0 radical (unpaired) electrons. The third-order valence-electron chi connectivity index (χ3n) is 5.21. The number of rotatable bonds is 5. The quantitative estimate of drug-likeness (QED) is 0.844. The van der Waals surface area contributed by atoms with Crippen molar-refractivity contribution >= 4 is 12.1 Å². The fourth-order valence-corrected chi connectivity index (χ4v) is 3.90. The topological polar surface area (TPSA) is 78.9 Å². The maximum absolute atomic E-state index is 12.2. The Bertz CT molecular complexity index is 664. The van der Waals surface area contributed by atoms with Crippen molar-refractivity contribution < 1.29 is 19.4 Å². The number of nitrogens with one attached hydrogen (secondary N) is 1. The van der Waals surface area contributed by atoms with Gasteiger partial charge in [-0.3, -0.25) is 9.69 Å². The molecule has 1 aromatic rings. The highest BCUT2D eigenvalue weighted by atomic mass is 16.6. The first-order chi connectivity index (χ1) is 12.2. The number of carbonyl (C=O) groups excluding carboxylic acids is 1. The Kier molecular flexibility index (Phi) is 4.97. The van der Waals surface area contributed by atoms with Crippen molar-refractivity contribution in [3.8, 4) is 0 Å². The number of alkyl carbamates (subject to hydrolysis) is 1. The molecule has 26 heavy (non-hydrogen) atoms. The molecule has 1 saturated heterocycles. The number of carboxylic acids is 1. The van der Waals surface area contributed by atoms with E-state index in [4.69, 9.17) is 4.74 Å². The minimum Gasteiger partial charge on any atom is -0.481 e. The first-order valence-corrected chi connectivity index (χ1v) is 9.19. The summed E-state index contributed by atoms with van der Waals surface area (Å²) in [6.07, 6.45) is 1.15. The smallest absolute Gasteiger partial charge is 0.408 e. The second-order valence-electron chi connectivity index (χ2n) is 8.51. The zero-order chi connectivity index (χ0) is 18.9. The summed E-state index contributed by atoms with van der Waals surface area (Å²) in [7, 11) is 0. The molecule has 0 spiro atoms. The third-order valence-corrected chi connectivity index (χ3v) is 5.21. The molecule has 1 aliphatic heterocycles. The molecule has 2 aliphatic rings. The molecule has 2 unspecified atom stereocenters. The Hall–Kier alpha value is -2.08. The summed E-state index contributed by atoms with van der Waals surface area (Å²) < 4.78 is 5.38. The molecule has 142 valence electrons. The zero-order valence-corrected chi connectivity index (χ0v) is 15.7. The Balaban J connectivity index is 1.69. The second kappa shape index (κ2) is 6.91. The number of hydrogen-bond donors (Lipinski definition) is 2. The summed E-state index contributed by atoms with van der Waals surface area (Å²) in [5, 5.41) is 12.7. The Morgan fingerprint density at radius 1 is 1.23 bits per heavy atom. The van der Waals surface area contributed by atoms with E-state index in [-0.39, 0.29) is 5.92 Å². The molecule has 2 atom stereocenters. The molecule has 1 aliphatic carbocycles. The van der Waals surface area contributed by atoms with E-state index in [1.165, 1.54) is 5.56 Å². The summed E-state index contributed by atoms with van der Waals surface area (Å²) in [6.45, 7) is 7.37. The molecular weight excluding hydrogens is 332 g/mol. The van der Waals surface area contributed by atoms with Gasteiger partial charge in [-0.15, -0.1) is 0 Å². The number of hydrogen-bond acceptors (Lipinski definition) is 4. The largest absolute Gasteiger partial charge is 0.481 e. The SMILES string of the molecule is CC(C)(C)OC(=O)NC1(C2CN(Cc3ccccc3)CC2C(=O)O)CC1. The maximum Gasteiger partial charge on any atom is 0.408 e. The van der Waals surface area contributed by atoms with Crippen LogP contribution in [0.2, 0.25) is 0 Å². The van der Waals surface area contributed by atoms with Gasteiger partial charge in [0, 0.05) is 31.1 Å². The van der Waals surface area contributed by atoms with E-state index in [0.717, 1.165) is 19.4 Å². The van der Waals surface area contributed by atoms with Gasteiger partial charge in [0.25, 0.3) is 0 Å². The number of nitrogens with zero attached hydrogens (tertiary/aromatic N) is 1. The Morgan fingerprint density at radius 3 is 2.42 bits per heavy atom. The predicted octanol–water partition coefficient (Wildman–Crippen LogP) is 2.88. The molecule has 6 heteroatoms. The molecule has 3 rings (SSSR count). The molecule has 1 saturated carbocycles. The van der Waals surface area contributed by atoms with Gasteiger partial charge >= 0.3 is 12.1 Å². The van der Waals surface area contributed by atoms with Crippen molar-refractivity contribution in [3.05, 3.63) is 35.9 Å². The van der Waals surface area contributed by atoms with Crippen LogP contribution < -0.4 is 5.32 Å². The van der Waals surface area contributed by atoms with E-state index in [1.54, 1.807) is 0 Å². The fraction of sp³-hybridized carbons (Fsp3) is 0.600. The average Bonchev–Trinajstić information content (AvgIpc) is 3.16. The highest BCUT2D eigenvalue weighted by Crippen LogP contribution is 2.48. The number of benzene rings is 1. The van der Waals surface area contributed by atoms with Gasteiger partial charge in [0.15, 0.2) is 0 Å². The molecule has 0 aromatic heterocycles. The molecule has 0 bridgehead atoms. The molecule has 1 heterocycles. The van der Waals surface area contributed by atoms with Gasteiger partial charge in [-0.05, 0) is 39.2 Å². The van der Waals surface area contributed by atoms with Gasteiger partial charge in [-0.25, -0.2) is 4.79 Å². The summed E-state index contributed by atoms with van der Waals surface area (Å²) in [5.74, 6) is -1.37. The van der Waals surface area contributed by atoms with E-state index < -0.39 is 29.1 Å². The van der Waals surface area contributed by atoms with Crippen LogP contribution in [0.15, 0.2) is 30.3 Å². The number of carboxylic acid groups (broad SMARTS) is 1. The van der Waals surface area contributed by atoms with Gasteiger partial charge < -0.3 is 15.2 Å². The number of amides is 1. The number of likely N-dealkylation sites (tertiary alicyclic amines) is 1. The monoisotopic (exact) mass is 360 g/mol. The van der Waals surface area contributed by atoms with Crippen molar-refractivity contribution in [2.45, 2.75) is 51.3 Å². The van der Waals surface area contributed by atoms with E-state index in [0.29, 0.717) is 13.1 Å². The van der Waals surface area contributed by atoms with Crippen LogP contribution in [-0.2, 0) is 16.1 Å². The zero-order valence-electron chi connectivity index (χ0n) is 15.7. The van der Waals surface area contributed by atoms with Crippen LogP contribution in [0.3, 0.4) is 0 Å². The highest BCUT2D eigenvalue weighted by Gasteiger charge is 2.57. The molecular formula is C20H28N2O4. The lowest BCUT2D eigenvalue weighted by Crippen LogP contribution is -2.48. The first kappa shape index (κ1) is 18.7. The van der Waals surface area contributed by atoms with Crippen LogP contribution in [0.25, 0.3) is 0 Å². The van der Waals surface area contributed by atoms with E-state index in [9.17, 15) is 14.7 Å². The lowest BCUT2D eigenvalue weighted by atomic mass is 9.87. The second-order valence-corrected chi connectivity index (χ2v) is 8.51. The third kappa shape index (κ3) is 4.36. The van der Waals surface area contributed by atoms with Gasteiger partial charge in [-0.1, -0.05) is 30.3 Å². The maximum atomic E-state index is 12.2. The first-order valence-electron chi connectivity index (χ1n) is 9.19. The van der Waals surface area contributed by atoms with Gasteiger partial charge in [0.05, 0.1) is 5.92 Å². The number of ether oxygens (including phenoxy) is 1. The van der Waals surface area contributed by atoms with Crippen LogP contribution in [0.5, 0.6) is 0 Å². The van der Waals surface area contributed by atoms with Crippen molar-refractivity contribution in [3.63, 3.8) is 0 Å². The summed E-state index contributed by atoms with van der Waals surface area (Å²) >= 11 is 0. The standard InChI is InChI=1S/C20H28N2O4/c1-19(2,3)26-18(25)21-20(9-10-20)16-13-22(12-15(16)17(23)24)11-14-7-5-4-6-8-14/h4-8,15-16H,9-13H2,1-3H3,(H,21,25)(H,23,24). The predicted molar refractivity (Wildman–Crippen MR) is 97.7 cm³/mol. The van der Waals surface area contributed by atoms with Crippen LogP contribution in [0, 0.1) is 11.8 Å². The van der Waals surface area contributed by atoms with E-state index >= 15 is 0 Å². The number of aliphatic carboxylic acids is 1. The lowest BCUT2D eigenvalue weighted by Gasteiger charge is -2.29. The molecule has 2 N–H and O–H groups in total. The molecule has 2 fully saturated rings. The molecule has 1 aromatic carbocycles. The minimum atomic E-state index is -0.789. The van der Waals surface area contributed by atoms with Crippen LogP contribution in [-0.4, -0.2) is 46.3 Å². The summed E-state index contributed by atoms with van der Waals surface area (Å²) in [6, 6.07) is 10.1. The van der Waals surface area contributed by atoms with Crippen molar-refractivity contribution in [1.29, 1.82) is 0 Å². The van der Waals surface area contributed by atoms with Crippen LogP contribution in [0.1, 0.15) is 39.2 Å². The van der Waals surface area contributed by atoms with E-state index in [2.05, 4.69) is 22.3 Å².